The van der Waals surface area contributed by atoms with Crippen LogP contribution in [0.15, 0.2) is 29.8 Å². The molecule has 0 spiro atoms. The fourth-order valence-corrected chi connectivity index (χ4v) is 1.19. The van der Waals surface area contributed by atoms with Gasteiger partial charge in [0.2, 0.25) is 0 Å². The number of aliphatic carboxylic acids is 2. The number of carboxylic acids is 2. The van der Waals surface area contributed by atoms with E-state index in [9.17, 15) is 22.8 Å². The Morgan fingerprint density at radius 1 is 1.11 bits per heavy atom. The lowest BCUT2D eigenvalue weighted by atomic mass is 10.1. The summed E-state index contributed by atoms with van der Waals surface area (Å²) < 4.78 is 37.1. The molecular weight excluding hydrogens is 253 g/mol. The summed E-state index contributed by atoms with van der Waals surface area (Å²) in [6.45, 7) is 0. The zero-order valence-electron chi connectivity index (χ0n) is 8.73. The maximum atomic E-state index is 12.4. The molecule has 0 radical (unpaired) electrons. The Balaban J connectivity index is 3.23. The van der Waals surface area contributed by atoms with Gasteiger partial charge < -0.3 is 10.2 Å². The van der Waals surface area contributed by atoms with Crippen molar-refractivity contribution in [2.45, 2.75) is 6.18 Å². The van der Waals surface area contributed by atoms with Crippen LogP contribution in [-0.2, 0) is 15.8 Å². The third-order valence-electron chi connectivity index (χ3n) is 1.99. The molecule has 0 saturated heterocycles. The highest BCUT2D eigenvalue weighted by atomic mass is 19.4. The minimum absolute atomic E-state index is 0.148. The first kappa shape index (κ1) is 13.8. The number of alkyl halides is 3. The van der Waals surface area contributed by atoms with Crippen molar-refractivity contribution in [3.8, 4) is 0 Å². The fraction of sp³-hybridized carbons (Fsp3) is 0.0909. The number of halogens is 3. The maximum absolute atomic E-state index is 12.4. The minimum atomic E-state index is -4.57. The van der Waals surface area contributed by atoms with E-state index in [-0.39, 0.29) is 5.56 Å². The molecule has 1 rings (SSSR count). The van der Waals surface area contributed by atoms with Crippen molar-refractivity contribution < 1.29 is 33.0 Å². The van der Waals surface area contributed by atoms with Gasteiger partial charge in [0.15, 0.2) is 0 Å². The summed E-state index contributed by atoms with van der Waals surface area (Å²) in [4.78, 5) is 21.1. The van der Waals surface area contributed by atoms with Gasteiger partial charge in [-0.15, -0.1) is 0 Å². The van der Waals surface area contributed by atoms with E-state index in [2.05, 4.69) is 0 Å². The fourth-order valence-electron chi connectivity index (χ4n) is 1.19. The summed E-state index contributed by atoms with van der Waals surface area (Å²) in [6, 6.07) is 3.72. The van der Waals surface area contributed by atoms with Gasteiger partial charge in [0.1, 0.15) is 5.57 Å². The van der Waals surface area contributed by atoms with E-state index in [0.717, 1.165) is 12.1 Å². The first-order valence-electron chi connectivity index (χ1n) is 4.57. The molecule has 7 heteroatoms. The maximum Gasteiger partial charge on any atom is 0.416 e. The Kier molecular flexibility index (Phi) is 3.75. The first-order chi connectivity index (χ1) is 8.21. The van der Waals surface area contributed by atoms with E-state index in [4.69, 9.17) is 10.2 Å². The predicted octanol–water partition coefficient (Wildman–Crippen LogP) is 2.26. The molecule has 0 aliphatic carbocycles. The molecule has 1 aromatic carbocycles. The van der Waals surface area contributed by atoms with E-state index < -0.39 is 29.3 Å². The molecule has 1 aromatic rings. The number of hydrogen-bond donors (Lipinski definition) is 2. The van der Waals surface area contributed by atoms with Gasteiger partial charge in [0, 0.05) is 0 Å². The van der Waals surface area contributed by atoms with Crippen molar-refractivity contribution >= 4 is 18.0 Å². The Hall–Kier alpha value is -2.31. The van der Waals surface area contributed by atoms with Gasteiger partial charge in [-0.2, -0.15) is 13.2 Å². The zero-order valence-corrected chi connectivity index (χ0v) is 8.73. The van der Waals surface area contributed by atoms with Crippen molar-refractivity contribution in [3.05, 3.63) is 41.0 Å². The number of carbonyl (C=O) groups is 2. The van der Waals surface area contributed by atoms with Gasteiger partial charge >= 0.3 is 18.1 Å². The minimum Gasteiger partial charge on any atom is -0.477 e. The van der Waals surface area contributed by atoms with Gasteiger partial charge in [0.25, 0.3) is 0 Å². The summed E-state index contributed by atoms with van der Waals surface area (Å²) in [5, 5.41) is 17.1. The summed E-state index contributed by atoms with van der Waals surface area (Å²) in [5.74, 6) is -3.44. The molecule has 0 saturated carbocycles. The molecule has 4 nitrogen and oxygen atoms in total. The van der Waals surface area contributed by atoms with Crippen LogP contribution in [0.25, 0.3) is 6.08 Å². The Labute approximate surface area is 99.0 Å². The second-order valence-electron chi connectivity index (χ2n) is 3.29. The topological polar surface area (TPSA) is 74.6 Å². The number of hydrogen-bond acceptors (Lipinski definition) is 2. The highest BCUT2D eigenvalue weighted by molar-refractivity contribution is 6.16. The molecule has 2 N–H and O–H groups in total. The van der Waals surface area contributed by atoms with Crippen LogP contribution in [0.2, 0.25) is 0 Å². The van der Waals surface area contributed by atoms with Crippen molar-refractivity contribution in [3.63, 3.8) is 0 Å². The summed E-state index contributed by atoms with van der Waals surface area (Å²) in [6.07, 6.45) is -3.91. The summed E-state index contributed by atoms with van der Waals surface area (Å²) in [7, 11) is 0. The molecule has 0 heterocycles. The molecule has 0 unspecified atom stereocenters. The number of rotatable bonds is 3. The average molecular weight is 260 g/mol. The van der Waals surface area contributed by atoms with Gasteiger partial charge in [-0.05, 0) is 23.8 Å². The van der Waals surface area contributed by atoms with Crippen LogP contribution in [0, 0.1) is 0 Å². The smallest absolute Gasteiger partial charge is 0.416 e. The van der Waals surface area contributed by atoms with E-state index >= 15 is 0 Å². The van der Waals surface area contributed by atoms with E-state index in [1.165, 1.54) is 6.07 Å². The van der Waals surface area contributed by atoms with Crippen LogP contribution in [-0.4, -0.2) is 22.2 Å². The SMILES string of the molecule is O=C(O)C(=Cc1cccc(C(F)(F)F)c1)C(=O)O. The lowest BCUT2D eigenvalue weighted by Gasteiger charge is -2.06. The molecule has 0 fully saturated rings. The van der Waals surface area contributed by atoms with Crippen molar-refractivity contribution in [1.29, 1.82) is 0 Å². The lowest BCUT2D eigenvalue weighted by Crippen LogP contribution is -2.11. The zero-order chi connectivity index (χ0) is 13.9. The van der Waals surface area contributed by atoms with E-state index in [0.29, 0.717) is 12.1 Å². The molecule has 0 atom stereocenters. The van der Waals surface area contributed by atoms with Crippen molar-refractivity contribution in [2.75, 3.05) is 0 Å². The lowest BCUT2D eigenvalue weighted by molar-refractivity contribution is -0.140. The van der Waals surface area contributed by atoms with Crippen LogP contribution >= 0.6 is 0 Å². The second kappa shape index (κ2) is 4.91. The van der Waals surface area contributed by atoms with Crippen LogP contribution in [0.3, 0.4) is 0 Å². The van der Waals surface area contributed by atoms with Crippen LogP contribution < -0.4 is 0 Å². The number of benzene rings is 1. The van der Waals surface area contributed by atoms with Gasteiger partial charge in [-0.25, -0.2) is 9.59 Å². The van der Waals surface area contributed by atoms with Crippen LogP contribution in [0.1, 0.15) is 11.1 Å². The summed E-state index contributed by atoms with van der Waals surface area (Å²) in [5.41, 5.74) is -2.13. The van der Waals surface area contributed by atoms with E-state index in [1.807, 2.05) is 0 Å². The molecule has 96 valence electrons. The van der Waals surface area contributed by atoms with Gasteiger partial charge in [0.05, 0.1) is 5.56 Å². The molecular formula is C11H7F3O4. The number of carboxylic acid groups (broad SMARTS) is 2. The summed E-state index contributed by atoms with van der Waals surface area (Å²) >= 11 is 0. The van der Waals surface area contributed by atoms with Gasteiger partial charge in [-0.1, -0.05) is 12.1 Å². The highest BCUT2D eigenvalue weighted by Crippen LogP contribution is 2.29. The Bertz CT molecular complexity index is 501. The average Bonchev–Trinajstić information content (AvgIpc) is 2.24. The second-order valence-corrected chi connectivity index (χ2v) is 3.29. The standard InChI is InChI=1S/C11H7F3O4/c12-11(13,14)7-3-1-2-6(4-7)5-8(9(15)16)10(17)18/h1-5H,(H,15,16)(H,17,18). The Morgan fingerprint density at radius 2 is 1.67 bits per heavy atom. The third-order valence-corrected chi connectivity index (χ3v) is 1.99. The van der Waals surface area contributed by atoms with Crippen LogP contribution in [0.4, 0.5) is 13.2 Å². The third kappa shape index (κ3) is 3.34. The molecule has 18 heavy (non-hydrogen) atoms. The molecule has 0 aliphatic rings. The van der Waals surface area contributed by atoms with Gasteiger partial charge in [-0.3, -0.25) is 0 Å². The molecule has 0 aliphatic heterocycles. The highest BCUT2D eigenvalue weighted by Gasteiger charge is 2.30. The largest absolute Gasteiger partial charge is 0.477 e. The molecule has 0 aromatic heterocycles. The predicted molar refractivity (Wildman–Crippen MR) is 54.7 cm³/mol. The quantitative estimate of drug-likeness (QED) is 0.496. The van der Waals surface area contributed by atoms with Crippen molar-refractivity contribution in [1.82, 2.24) is 0 Å². The normalized spacial score (nSPS) is 10.8. The van der Waals surface area contributed by atoms with Crippen LogP contribution in [0.5, 0.6) is 0 Å². The molecule has 0 bridgehead atoms. The Morgan fingerprint density at radius 3 is 2.11 bits per heavy atom. The monoisotopic (exact) mass is 260 g/mol. The van der Waals surface area contributed by atoms with Crippen molar-refractivity contribution in [2.24, 2.45) is 0 Å². The first-order valence-corrected chi connectivity index (χ1v) is 4.57. The molecule has 0 amide bonds. The van der Waals surface area contributed by atoms with E-state index in [1.54, 1.807) is 0 Å².